The Balaban J connectivity index is 1.60. The van der Waals surface area contributed by atoms with Gasteiger partial charge in [-0.2, -0.15) is 5.26 Å². The van der Waals surface area contributed by atoms with Crippen LogP contribution in [0.4, 0.5) is 9.52 Å². The molecule has 0 saturated carbocycles. The minimum absolute atomic E-state index is 0.242. The number of hydrogen-bond acceptors (Lipinski definition) is 6. The van der Waals surface area contributed by atoms with Crippen LogP contribution < -0.4 is 14.8 Å². The van der Waals surface area contributed by atoms with E-state index in [9.17, 15) is 9.18 Å². The summed E-state index contributed by atoms with van der Waals surface area (Å²) in [7, 11) is 1.45. The first-order chi connectivity index (χ1) is 13.1. The van der Waals surface area contributed by atoms with Gasteiger partial charge in [-0.1, -0.05) is 0 Å². The minimum Gasteiger partial charge on any atom is -0.493 e. The van der Waals surface area contributed by atoms with Crippen LogP contribution in [0.3, 0.4) is 0 Å². The molecule has 0 aliphatic heterocycles. The quantitative estimate of drug-likeness (QED) is 0.699. The molecule has 136 valence electrons. The third-order valence-electron chi connectivity index (χ3n) is 3.54. The lowest BCUT2D eigenvalue weighted by atomic mass is 10.2. The maximum Gasteiger partial charge on any atom is 0.264 e. The number of nitrogens with one attached hydrogen (secondary N) is 1. The van der Waals surface area contributed by atoms with E-state index < -0.39 is 0 Å². The molecule has 3 rings (SSSR count). The summed E-state index contributed by atoms with van der Waals surface area (Å²) in [6.07, 6.45) is 0. The summed E-state index contributed by atoms with van der Waals surface area (Å²) in [6, 6.07) is 12.6. The molecule has 1 aromatic heterocycles. The predicted molar refractivity (Wildman–Crippen MR) is 99.3 cm³/mol. The molecule has 27 heavy (non-hydrogen) atoms. The highest BCUT2D eigenvalue weighted by Crippen LogP contribution is 2.28. The highest BCUT2D eigenvalue weighted by atomic mass is 32.1. The Hall–Kier alpha value is -3.44. The molecule has 8 heteroatoms. The van der Waals surface area contributed by atoms with Crippen molar-refractivity contribution in [1.82, 2.24) is 4.98 Å². The molecule has 6 nitrogen and oxygen atoms in total. The van der Waals surface area contributed by atoms with Gasteiger partial charge in [0.2, 0.25) is 0 Å². The highest BCUT2D eigenvalue weighted by Gasteiger charge is 2.11. The molecule has 0 unspecified atom stereocenters. The fourth-order valence-corrected chi connectivity index (χ4v) is 2.98. The number of amides is 1. The second-order valence-corrected chi connectivity index (χ2v) is 6.22. The Morgan fingerprint density at radius 2 is 2.04 bits per heavy atom. The van der Waals surface area contributed by atoms with Gasteiger partial charge < -0.3 is 9.47 Å². The number of rotatable bonds is 6. The molecule has 0 atom stereocenters. The fraction of sp³-hybridized carbons (Fsp3) is 0.105. The maximum absolute atomic E-state index is 13.0. The average molecular weight is 383 g/mol. The number of halogens is 1. The van der Waals surface area contributed by atoms with Gasteiger partial charge in [0.1, 0.15) is 5.82 Å². The molecule has 1 heterocycles. The van der Waals surface area contributed by atoms with Crippen LogP contribution in [0.1, 0.15) is 5.56 Å². The second kappa shape index (κ2) is 8.29. The van der Waals surface area contributed by atoms with Crippen molar-refractivity contribution in [3.63, 3.8) is 0 Å². The molecule has 1 amide bonds. The average Bonchev–Trinajstić information content (AvgIpc) is 3.15. The van der Waals surface area contributed by atoms with E-state index in [1.54, 1.807) is 29.6 Å². The number of methoxy groups -OCH3 is 1. The summed E-state index contributed by atoms with van der Waals surface area (Å²) < 4.78 is 23.6. The van der Waals surface area contributed by atoms with Crippen molar-refractivity contribution in [2.45, 2.75) is 0 Å². The van der Waals surface area contributed by atoms with E-state index in [2.05, 4.69) is 10.3 Å². The van der Waals surface area contributed by atoms with E-state index in [1.165, 1.54) is 36.6 Å². The van der Waals surface area contributed by atoms with Gasteiger partial charge in [-0.25, -0.2) is 9.37 Å². The third-order valence-corrected chi connectivity index (χ3v) is 4.30. The van der Waals surface area contributed by atoms with Crippen LogP contribution in [-0.2, 0) is 4.79 Å². The SMILES string of the molecule is COc1cc(C#N)ccc1OCC(=O)Nc1nc(-c2ccc(F)cc2)cs1. The Morgan fingerprint density at radius 3 is 2.74 bits per heavy atom. The third kappa shape index (κ3) is 4.59. The van der Waals surface area contributed by atoms with Crippen molar-refractivity contribution in [3.8, 4) is 28.8 Å². The molecule has 0 radical (unpaired) electrons. The van der Waals surface area contributed by atoms with E-state index in [0.717, 1.165) is 5.56 Å². The Labute approximate surface area is 158 Å². The summed E-state index contributed by atoms with van der Waals surface area (Å²) >= 11 is 1.26. The molecule has 0 fully saturated rings. The summed E-state index contributed by atoms with van der Waals surface area (Å²) in [6.45, 7) is -0.242. The van der Waals surface area contributed by atoms with Gasteiger partial charge >= 0.3 is 0 Å². The molecule has 0 saturated heterocycles. The summed E-state index contributed by atoms with van der Waals surface area (Å²) in [5.74, 6) is 0.0202. The van der Waals surface area contributed by atoms with Crippen LogP contribution in [0.25, 0.3) is 11.3 Å². The van der Waals surface area contributed by atoms with Gasteiger partial charge in [0.15, 0.2) is 23.2 Å². The first-order valence-corrected chi connectivity index (χ1v) is 8.69. The zero-order chi connectivity index (χ0) is 19.2. The molecular formula is C19H14FN3O3S. The first-order valence-electron chi connectivity index (χ1n) is 7.81. The topological polar surface area (TPSA) is 84.2 Å². The van der Waals surface area contributed by atoms with E-state index in [-0.39, 0.29) is 18.3 Å². The van der Waals surface area contributed by atoms with E-state index in [1.807, 2.05) is 6.07 Å². The number of carbonyl (C=O) groups is 1. The first kappa shape index (κ1) is 18.4. The largest absolute Gasteiger partial charge is 0.493 e. The van der Waals surface area contributed by atoms with Crippen molar-refractivity contribution in [3.05, 3.63) is 59.2 Å². The number of ether oxygens (including phenoxy) is 2. The molecule has 3 aromatic rings. The smallest absolute Gasteiger partial charge is 0.264 e. The zero-order valence-electron chi connectivity index (χ0n) is 14.2. The van der Waals surface area contributed by atoms with Gasteiger partial charge in [0.05, 0.1) is 24.4 Å². The normalized spacial score (nSPS) is 10.1. The summed E-state index contributed by atoms with van der Waals surface area (Å²) in [5, 5.41) is 13.7. The second-order valence-electron chi connectivity index (χ2n) is 5.36. The molecule has 0 bridgehead atoms. The van der Waals surface area contributed by atoms with Crippen molar-refractivity contribution >= 4 is 22.4 Å². The van der Waals surface area contributed by atoms with E-state index >= 15 is 0 Å². The number of carbonyl (C=O) groups excluding carboxylic acids is 1. The van der Waals surface area contributed by atoms with Crippen molar-refractivity contribution in [1.29, 1.82) is 5.26 Å². The summed E-state index contributed by atoms with van der Waals surface area (Å²) in [5.41, 5.74) is 1.83. The van der Waals surface area contributed by atoms with Crippen LogP contribution in [-0.4, -0.2) is 24.6 Å². The molecule has 0 spiro atoms. The van der Waals surface area contributed by atoms with E-state index in [4.69, 9.17) is 14.7 Å². The molecule has 1 N–H and O–H groups in total. The van der Waals surface area contributed by atoms with Crippen LogP contribution in [0.5, 0.6) is 11.5 Å². The zero-order valence-corrected chi connectivity index (χ0v) is 15.0. The number of thiazole rings is 1. The van der Waals surface area contributed by atoms with E-state index in [0.29, 0.717) is 27.9 Å². The van der Waals surface area contributed by atoms with Crippen LogP contribution in [0.2, 0.25) is 0 Å². The van der Waals surface area contributed by atoms with Crippen LogP contribution in [0.15, 0.2) is 47.8 Å². The minimum atomic E-state index is -0.388. The maximum atomic E-state index is 13.0. The van der Waals surface area contributed by atoms with Crippen LogP contribution >= 0.6 is 11.3 Å². The lowest BCUT2D eigenvalue weighted by molar-refractivity contribution is -0.118. The van der Waals surface area contributed by atoms with Crippen LogP contribution in [0, 0.1) is 17.1 Å². The highest BCUT2D eigenvalue weighted by molar-refractivity contribution is 7.14. The fourth-order valence-electron chi connectivity index (χ4n) is 2.24. The lowest BCUT2D eigenvalue weighted by Gasteiger charge is -2.10. The number of aromatic nitrogens is 1. The van der Waals surface area contributed by atoms with Gasteiger partial charge in [-0.3, -0.25) is 10.1 Å². The Bertz CT molecular complexity index is 996. The molecule has 2 aromatic carbocycles. The van der Waals surface area contributed by atoms with Crippen molar-refractivity contribution in [2.24, 2.45) is 0 Å². The van der Waals surface area contributed by atoms with Gasteiger partial charge in [-0.05, 0) is 36.4 Å². The lowest BCUT2D eigenvalue weighted by Crippen LogP contribution is -2.20. The number of anilines is 1. The molecule has 0 aliphatic carbocycles. The number of hydrogen-bond donors (Lipinski definition) is 1. The predicted octanol–water partition coefficient (Wildman–Crippen LogP) is 3.85. The number of nitrogens with zero attached hydrogens (tertiary/aromatic N) is 2. The number of benzene rings is 2. The van der Waals surface area contributed by atoms with Gasteiger partial charge in [0.25, 0.3) is 5.91 Å². The van der Waals surface area contributed by atoms with Crippen molar-refractivity contribution in [2.75, 3.05) is 19.0 Å². The van der Waals surface area contributed by atoms with Gasteiger partial charge in [0, 0.05) is 17.0 Å². The molecular weight excluding hydrogens is 369 g/mol. The number of nitriles is 1. The monoisotopic (exact) mass is 383 g/mol. The standard InChI is InChI=1S/C19H14FN3O3S/c1-25-17-8-12(9-21)2-7-16(17)26-10-18(24)23-19-22-15(11-27-19)13-3-5-14(20)6-4-13/h2-8,11H,10H2,1H3,(H,22,23,24). The molecule has 0 aliphatic rings. The van der Waals surface area contributed by atoms with Crippen molar-refractivity contribution < 1.29 is 18.7 Å². The van der Waals surface area contributed by atoms with Gasteiger partial charge in [-0.15, -0.1) is 11.3 Å². The summed E-state index contributed by atoms with van der Waals surface area (Å²) in [4.78, 5) is 16.4. The Morgan fingerprint density at radius 1 is 1.26 bits per heavy atom. The Kier molecular flexibility index (Phi) is 5.64.